The number of halogens is 1. The second kappa shape index (κ2) is 12.6. The molecule has 1 aliphatic heterocycles. The quantitative estimate of drug-likeness (QED) is 0.324. The van der Waals surface area contributed by atoms with Gasteiger partial charge in [-0.2, -0.15) is 0 Å². The van der Waals surface area contributed by atoms with Gasteiger partial charge in [-0.15, -0.1) is 0 Å². The van der Waals surface area contributed by atoms with Crippen LogP contribution in [-0.4, -0.2) is 51.3 Å². The molecule has 0 atom stereocenters. The Balaban J connectivity index is 0.00000172. The van der Waals surface area contributed by atoms with Crippen LogP contribution in [0.15, 0.2) is 65.6 Å². The first kappa shape index (κ1) is 27.8. The number of benzene rings is 2. The van der Waals surface area contributed by atoms with Crippen molar-refractivity contribution in [2.45, 2.75) is 52.9 Å². The zero-order valence-electron chi connectivity index (χ0n) is 22.9. The lowest BCUT2D eigenvalue weighted by molar-refractivity contribution is -0.144. The number of hydrogen-bond acceptors (Lipinski definition) is 7. The average molecular weight is 535 g/mol. The number of carbonyl (C=O) groups is 1. The van der Waals surface area contributed by atoms with Crippen molar-refractivity contribution in [2.75, 3.05) is 29.9 Å². The smallest absolute Gasteiger partial charge is 0.304 e. The van der Waals surface area contributed by atoms with Crippen molar-refractivity contribution in [3.63, 3.8) is 0 Å². The van der Waals surface area contributed by atoms with Gasteiger partial charge in [-0.25, -0.2) is 18.9 Å². The van der Waals surface area contributed by atoms with Crippen molar-refractivity contribution < 1.29 is 13.9 Å². The maximum atomic E-state index is 13.5. The van der Waals surface area contributed by atoms with E-state index in [4.69, 9.17) is 9.72 Å². The van der Waals surface area contributed by atoms with Crippen LogP contribution in [0.4, 0.5) is 16.3 Å². The Morgan fingerprint density at radius 1 is 1.05 bits per heavy atom. The highest BCUT2D eigenvalue weighted by atomic mass is 19.1. The van der Waals surface area contributed by atoms with Crippen LogP contribution in [0.3, 0.4) is 0 Å². The highest BCUT2D eigenvalue weighted by molar-refractivity contribution is 5.79. The van der Waals surface area contributed by atoms with E-state index < -0.39 is 5.97 Å². The van der Waals surface area contributed by atoms with Crippen molar-refractivity contribution in [1.82, 2.24) is 19.1 Å². The Hall–Kier alpha value is -4.21. The first-order valence-electron chi connectivity index (χ1n) is 13.3. The number of rotatable bonds is 7. The highest BCUT2D eigenvalue weighted by Crippen LogP contribution is 2.28. The van der Waals surface area contributed by atoms with Gasteiger partial charge in [-0.3, -0.25) is 9.59 Å². The molecule has 3 heterocycles. The topological polar surface area (TPSA) is 85.5 Å². The fraction of sp³-hybridized carbons (Fsp3) is 0.379. The van der Waals surface area contributed by atoms with Gasteiger partial charge in [-0.05, 0) is 42.7 Å². The molecule has 2 aromatic heterocycles. The number of hydrogen-bond donors (Lipinski definition) is 0. The van der Waals surface area contributed by atoms with Crippen molar-refractivity contribution in [3.8, 4) is 0 Å². The van der Waals surface area contributed by atoms with Gasteiger partial charge in [0.15, 0.2) is 6.73 Å². The molecule has 10 heteroatoms. The van der Waals surface area contributed by atoms with Crippen LogP contribution in [0.5, 0.6) is 0 Å². The number of aromatic nitrogens is 4. The second-order valence-electron chi connectivity index (χ2n) is 9.22. The van der Waals surface area contributed by atoms with Gasteiger partial charge in [0, 0.05) is 45.4 Å². The van der Waals surface area contributed by atoms with Crippen molar-refractivity contribution in [1.29, 1.82) is 0 Å². The van der Waals surface area contributed by atoms with Crippen molar-refractivity contribution >= 4 is 28.9 Å². The standard InChI is InChI=1S/C27H29FN6O3.C2H6/c1-19(35)37-18-34-25(36)11-14-29-26(34)31(2)22-12-15-32(16-13-22)27-30-23-5-3-4-6-24(23)33(27)17-20-7-9-21(28)10-8-20;1-2/h3-11,14,22H,12-13,15-18H2,1-2H3;1-2H3. The van der Waals surface area contributed by atoms with Crippen LogP contribution in [0.2, 0.25) is 0 Å². The van der Waals surface area contributed by atoms with Crippen LogP contribution in [0, 0.1) is 5.82 Å². The maximum absolute atomic E-state index is 13.5. The third-order valence-electron chi connectivity index (χ3n) is 6.81. The minimum atomic E-state index is -0.457. The maximum Gasteiger partial charge on any atom is 0.304 e. The molecule has 1 aliphatic rings. The number of anilines is 2. The minimum Gasteiger partial charge on any atom is -0.444 e. The number of esters is 1. The Morgan fingerprint density at radius 3 is 2.44 bits per heavy atom. The van der Waals surface area contributed by atoms with Gasteiger partial charge in [0.25, 0.3) is 5.56 Å². The van der Waals surface area contributed by atoms with Crippen LogP contribution >= 0.6 is 0 Å². The third-order valence-corrected chi connectivity index (χ3v) is 6.81. The third kappa shape index (κ3) is 6.27. The number of piperidine rings is 1. The molecule has 1 saturated heterocycles. The fourth-order valence-electron chi connectivity index (χ4n) is 4.83. The zero-order valence-corrected chi connectivity index (χ0v) is 22.9. The summed E-state index contributed by atoms with van der Waals surface area (Å²) in [4.78, 5) is 37.3. The Labute approximate surface area is 227 Å². The average Bonchev–Trinajstić information content (AvgIpc) is 3.32. The van der Waals surface area contributed by atoms with Gasteiger partial charge in [0.2, 0.25) is 11.9 Å². The molecular weight excluding hydrogens is 499 g/mol. The summed E-state index contributed by atoms with van der Waals surface area (Å²) in [5, 5.41) is 0. The van der Waals surface area contributed by atoms with E-state index in [0.29, 0.717) is 12.5 Å². The number of ether oxygens (including phenoxy) is 1. The number of nitrogens with zero attached hydrogens (tertiary/aromatic N) is 6. The summed E-state index contributed by atoms with van der Waals surface area (Å²) in [6.07, 6.45) is 3.13. The molecule has 0 radical (unpaired) electrons. The Morgan fingerprint density at radius 2 is 1.74 bits per heavy atom. The molecular formula is C29H35FN6O3. The largest absolute Gasteiger partial charge is 0.444 e. The van der Waals surface area contributed by atoms with E-state index in [2.05, 4.69) is 20.5 Å². The molecule has 9 nitrogen and oxygen atoms in total. The molecule has 0 bridgehead atoms. The normalized spacial score (nSPS) is 13.6. The summed E-state index contributed by atoms with van der Waals surface area (Å²) in [7, 11) is 1.91. The van der Waals surface area contributed by atoms with E-state index in [-0.39, 0.29) is 24.1 Å². The van der Waals surface area contributed by atoms with Crippen LogP contribution in [0.1, 0.15) is 39.2 Å². The molecule has 39 heavy (non-hydrogen) atoms. The first-order chi connectivity index (χ1) is 18.9. The van der Waals surface area contributed by atoms with Gasteiger partial charge < -0.3 is 19.1 Å². The lowest BCUT2D eigenvalue weighted by Gasteiger charge is -2.38. The summed E-state index contributed by atoms with van der Waals surface area (Å²) in [5.74, 6) is 0.644. The van der Waals surface area contributed by atoms with Crippen LogP contribution in [0.25, 0.3) is 11.0 Å². The number of fused-ring (bicyclic) bond motifs is 1. The SMILES string of the molecule is CC.CC(=O)OCn1c(N(C)C2CCN(c3nc4ccccc4n3Cc3ccc(F)cc3)CC2)nccc1=O. The Bertz CT molecular complexity index is 1460. The van der Waals surface area contributed by atoms with E-state index in [1.165, 1.54) is 35.9 Å². The predicted molar refractivity (Wildman–Crippen MR) is 150 cm³/mol. The van der Waals surface area contributed by atoms with E-state index in [1.807, 2.05) is 44.0 Å². The molecule has 0 amide bonds. The summed E-state index contributed by atoms with van der Waals surface area (Å²) >= 11 is 0. The van der Waals surface area contributed by atoms with E-state index in [1.54, 1.807) is 12.1 Å². The summed E-state index contributed by atoms with van der Waals surface area (Å²) in [6, 6.07) is 16.1. The zero-order chi connectivity index (χ0) is 27.9. The van der Waals surface area contributed by atoms with Gasteiger partial charge in [0.05, 0.1) is 17.6 Å². The molecule has 0 saturated carbocycles. The molecule has 206 valence electrons. The van der Waals surface area contributed by atoms with Crippen molar-refractivity contribution in [2.24, 2.45) is 0 Å². The summed E-state index contributed by atoms with van der Waals surface area (Å²) in [5.41, 5.74) is 2.68. The molecule has 0 N–H and O–H groups in total. The molecule has 0 unspecified atom stereocenters. The monoisotopic (exact) mass is 534 g/mol. The molecule has 1 fully saturated rings. The van der Waals surface area contributed by atoms with Gasteiger partial charge in [0.1, 0.15) is 5.82 Å². The minimum absolute atomic E-state index is 0.143. The number of carbonyl (C=O) groups excluding carboxylic acids is 1. The van der Waals surface area contributed by atoms with Crippen LogP contribution in [-0.2, 0) is 22.8 Å². The van der Waals surface area contributed by atoms with Crippen LogP contribution < -0.4 is 15.4 Å². The van der Waals surface area contributed by atoms with E-state index >= 15 is 0 Å². The summed E-state index contributed by atoms with van der Waals surface area (Å²) < 4.78 is 22.1. The first-order valence-corrected chi connectivity index (χ1v) is 13.3. The number of para-hydroxylation sites is 2. The predicted octanol–water partition coefficient (Wildman–Crippen LogP) is 4.43. The lowest BCUT2D eigenvalue weighted by atomic mass is 10.0. The van der Waals surface area contributed by atoms with E-state index in [0.717, 1.165) is 48.5 Å². The van der Waals surface area contributed by atoms with Crippen molar-refractivity contribution in [3.05, 3.63) is 82.5 Å². The van der Waals surface area contributed by atoms with E-state index in [9.17, 15) is 14.0 Å². The lowest BCUT2D eigenvalue weighted by Crippen LogP contribution is -2.46. The summed E-state index contributed by atoms with van der Waals surface area (Å²) in [6.45, 7) is 7.26. The highest BCUT2D eigenvalue weighted by Gasteiger charge is 2.28. The van der Waals surface area contributed by atoms with Gasteiger partial charge >= 0.3 is 5.97 Å². The number of imidazole rings is 1. The second-order valence-corrected chi connectivity index (χ2v) is 9.22. The molecule has 4 aromatic rings. The fourth-order valence-corrected chi connectivity index (χ4v) is 4.83. The molecule has 0 spiro atoms. The van der Waals surface area contributed by atoms with Gasteiger partial charge in [-0.1, -0.05) is 38.1 Å². The molecule has 5 rings (SSSR count). The Kier molecular flexibility index (Phi) is 8.96. The molecule has 0 aliphatic carbocycles. The molecule has 2 aromatic carbocycles.